The summed E-state index contributed by atoms with van der Waals surface area (Å²) in [6.45, 7) is 1.34. The fraction of sp³-hybridized carbons (Fsp3) is 0.552. The second kappa shape index (κ2) is 11.0. The summed E-state index contributed by atoms with van der Waals surface area (Å²) in [5.41, 5.74) is 2.84. The van der Waals surface area contributed by atoms with Crippen molar-refractivity contribution < 1.29 is 19.4 Å². The van der Waals surface area contributed by atoms with Gasteiger partial charge in [-0.1, -0.05) is 42.8 Å². The maximum Gasteiger partial charge on any atom is 0.326 e. The lowest BCUT2D eigenvalue weighted by atomic mass is 9.63. The molecule has 2 heterocycles. The van der Waals surface area contributed by atoms with E-state index in [1.165, 1.54) is 12.0 Å². The summed E-state index contributed by atoms with van der Waals surface area (Å²) in [7, 11) is 0. The van der Waals surface area contributed by atoms with Crippen molar-refractivity contribution in [3.8, 4) is 0 Å². The third kappa shape index (κ3) is 5.41. The molecule has 1 aromatic heterocycles. The highest BCUT2D eigenvalue weighted by molar-refractivity contribution is 5.92. The van der Waals surface area contributed by atoms with Gasteiger partial charge in [0.15, 0.2) is 0 Å². The molecule has 2 fully saturated rings. The summed E-state index contributed by atoms with van der Waals surface area (Å²) in [6.07, 6.45) is 9.31. The SMILES string of the molecule is O=C(O)[C@H](CCOC1CC(CCc2ccc3c(n2)NCCC3)C1)NC(=O)C1(c2ccccc2)CCC1. The maximum absolute atomic E-state index is 13.1. The Morgan fingerprint density at radius 2 is 1.94 bits per heavy atom. The van der Waals surface area contributed by atoms with Gasteiger partial charge in [0, 0.05) is 25.3 Å². The Morgan fingerprint density at radius 3 is 2.67 bits per heavy atom. The molecule has 2 aromatic rings. The fourth-order valence-corrected chi connectivity index (χ4v) is 5.75. The summed E-state index contributed by atoms with van der Waals surface area (Å²) in [5.74, 6) is 0.496. The number of fused-ring (bicyclic) bond motifs is 1. The molecule has 2 aliphatic carbocycles. The molecule has 1 amide bonds. The average Bonchev–Trinajstić information content (AvgIpc) is 2.84. The van der Waals surface area contributed by atoms with E-state index < -0.39 is 17.4 Å². The number of carbonyl (C=O) groups is 2. The lowest BCUT2D eigenvalue weighted by molar-refractivity contribution is -0.144. The Labute approximate surface area is 213 Å². The van der Waals surface area contributed by atoms with Crippen molar-refractivity contribution in [2.75, 3.05) is 18.5 Å². The number of hydrogen-bond acceptors (Lipinski definition) is 5. The van der Waals surface area contributed by atoms with Gasteiger partial charge in [0.2, 0.25) is 5.91 Å². The molecule has 1 aromatic carbocycles. The van der Waals surface area contributed by atoms with Crippen molar-refractivity contribution >= 4 is 17.7 Å². The minimum atomic E-state index is -1.01. The van der Waals surface area contributed by atoms with E-state index in [0.29, 0.717) is 12.5 Å². The molecule has 192 valence electrons. The van der Waals surface area contributed by atoms with Gasteiger partial charge in [0.1, 0.15) is 11.9 Å². The molecule has 0 unspecified atom stereocenters. The molecule has 5 rings (SSSR count). The van der Waals surface area contributed by atoms with Crippen LogP contribution in [0.4, 0.5) is 5.82 Å². The average molecular weight is 492 g/mol. The van der Waals surface area contributed by atoms with Crippen molar-refractivity contribution in [1.29, 1.82) is 0 Å². The van der Waals surface area contributed by atoms with E-state index in [9.17, 15) is 14.7 Å². The molecule has 0 radical (unpaired) electrons. The third-order valence-corrected chi connectivity index (χ3v) is 8.28. The Hall–Kier alpha value is -2.93. The summed E-state index contributed by atoms with van der Waals surface area (Å²) in [4.78, 5) is 29.7. The molecule has 0 saturated heterocycles. The van der Waals surface area contributed by atoms with Gasteiger partial charge in [-0.3, -0.25) is 4.79 Å². The fourth-order valence-electron chi connectivity index (χ4n) is 5.75. The van der Waals surface area contributed by atoms with Crippen LogP contribution in [-0.4, -0.2) is 47.3 Å². The van der Waals surface area contributed by atoms with Gasteiger partial charge in [-0.25, -0.2) is 9.78 Å². The van der Waals surface area contributed by atoms with Gasteiger partial charge >= 0.3 is 5.97 Å². The lowest BCUT2D eigenvalue weighted by Gasteiger charge is -2.41. The number of amides is 1. The van der Waals surface area contributed by atoms with Gasteiger partial charge in [0.05, 0.1) is 11.5 Å². The highest BCUT2D eigenvalue weighted by Gasteiger charge is 2.46. The highest BCUT2D eigenvalue weighted by atomic mass is 16.5. The summed E-state index contributed by atoms with van der Waals surface area (Å²) in [6, 6.07) is 13.1. The lowest BCUT2D eigenvalue weighted by Crippen LogP contribution is -2.54. The molecule has 3 aliphatic rings. The predicted molar refractivity (Wildman–Crippen MR) is 138 cm³/mol. The van der Waals surface area contributed by atoms with E-state index in [1.54, 1.807) is 0 Å². The van der Waals surface area contributed by atoms with Crippen LogP contribution in [0.2, 0.25) is 0 Å². The maximum atomic E-state index is 13.1. The number of nitrogens with zero attached hydrogens (tertiary/aromatic N) is 1. The van der Waals surface area contributed by atoms with Crippen molar-refractivity contribution in [3.63, 3.8) is 0 Å². The number of ether oxygens (including phenoxy) is 1. The normalized spacial score (nSPS) is 22.8. The van der Waals surface area contributed by atoms with Crippen molar-refractivity contribution in [2.45, 2.75) is 81.8 Å². The number of aliphatic carboxylic acids is 1. The van der Waals surface area contributed by atoms with Crippen LogP contribution in [0.1, 0.15) is 68.2 Å². The van der Waals surface area contributed by atoms with E-state index in [0.717, 1.165) is 75.0 Å². The highest BCUT2D eigenvalue weighted by Crippen LogP contribution is 2.44. The van der Waals surface area contributed by atoms with Crippen LogP contribution >= 0.6 is 0 Å². The summed E-state index contributed by atoms with van der Waals surface area (Å²) < 4.78 is 5.97. The second-order valence-corrected chi connectivity index (χ2v) is 10.7. The number of benzene rings is 1. The molecule has 0 bridgehead atoms. The van der Waals surface area contributed by atoms with Gasteiger partial charge in [0.25, 0.3) is 0 Å². The zero-order valence-electron chi connectivity index (χ0n) is 20.9. The number of carboxylic acid groups (broad SMARTS) is 1. The van der Waals surface area contributed by atoms with E-state index in [4.69, 9.17) is 9.72 Å². The van der Waals surface area contributed by atoms with Crippen molar-refractivity contribution in [3.05, 3.63) is 59.3 Å². The number of carboxylic acids is 1. The first-order valence-corrected chi connectivity index (χ1v) is 13.5. The first-order valence-electron chi connectivity index (χ1n) is 13.5. The molecule has 0 spiro atoms. The first kappa shape index (κ1) is 24.8. The number of carbonyl (C=O) groups excluding carboxylic acids is 1. The minimum Gasteiger partial charge on any atom is -0.480 e. The molecule has 3 N–H and O–H groups in total. The number of aryl methyl sites for hydroxylation is 2. The quantitative estimate of drug-likeness (QED) is 0.435. The second-order valence-electron chi connectivity index (χ2n) is 10.7. The van der Waals surface area contributed by atoms with Crippen LogP contribution < -0.4 is 10.6 Å². The molecular weight excluding hydrogens is 454 g/mol. The van der Waals surface area contributed by atoms with Gasteiger partial charge in [-0.05, 0) is 74.5 Å². The molecule has 2 saturated carbocycles. The molecular formula is C29H37N3O4. The number of pyridine rings is 1. The van der Waals surface area contributed by atoms with E-state index in [2.05, 4.69) is 22.8 Å². The Balaban J connectivity index is 1.03. The zero-order chi connectivity index (χ0) is 25.0. The smallest absolute Gasteiger partial charge is 0.326 e. The van der Waals surface area contributed by atoms with Crippen LogP contribution in [-0.2, 0) is 32.6 Å². The Morgan fingerprint density at radius 1 is 1.14 bits per heavy atom. The molecule has 7 nitrogen and oxygen atoms in total. The monoisotopic (exact) mass is 491 g/mol. The molecule has 1 aliphatic heterocycles. The van der Waals surface area contributed by atoms with Gasteiger partial charge in [-0.2, -0.15) is 0 Å². The van der Waals surface area contributed by atoms with Crippen LogP contribution in [0.25, 0.3) is 0 Å². The number of rotatable bonds is 11. The number of nitrogens with one attached hydrogen (secondary N) is 2. The van der Waals surface area contributed by atoms with Crippen LogP contribution in [0.3, 0.4) is 0 Å². The van der Waals surface area contributed by atoms with E-state index in [-0.39, 0.29) is 18.4 Å². The zero-order valence-corrected chi connectivity index (χ0v) is 20.9. The van der Waals surface area contributed by atoms with Crippen molar-refractivity contribution in [2.24, 2.45) is 5.92 Å². The minimum absolute atomic E-state index is 0.179. The van der Waals surface area contributed by atoms with Crippen LogP contribution in [0, 0.1) is 5.92 Å². The standard InChI is InChI=1S/C29H37N3O4/c33-27(34)25(32-28(35)29(14-5-15-29)22-7-2-1-3-8-22)13-17-36-24-18-20(19-24)9-11-23-12-10-21-6-4-16-30-26(21)31-23/h1-3,7-8,10,12,20,24-25H,4-6,9,11,13-19H2,(H,30,31)(H,32,35)(H,33,34)/t20?,24?,25-/m0/s1. The van der Waals surface area contributed by atoms with Crippen LogP contribution in [0.15, 0.2) is 42.5 Å². The largest absolute Gasteiger partial charge is 0.480 e. The Kier molecular flexibility index (Phi) is 7.56. The Bertz CT molecular complexity index is 1060. The molecule has 7 heteroatoms. The third-order valence-electron chi connectivity index (χ3n) is 8.28. The molecule has 1 atom stereocenters. The van der Waals surface area contributed by atoms with Gasteiger partial charge < -0.3 is 20.5 Å². The number of anilines is 1. The van der Waals surface area contributed by atoms with Crippen molar-refractivity contribution in [1.82, 2.24) is 10.3 Å². The molecule has 36 heavy (non-hydrogen) atoms. The van der Waals surface area contributed by atoms with Gasteiger partial charge in [-0.15, -0.1) is 0 Å². The summed E-state index contributed by atoms with van der Waals surface area (Å²) in [5, 5.41) is 15.9. The number of aromatic nitrogens is 1. The van der Waals surface area contributed by atoms with E-state index in [1.807, 2.05) is 30.3 Å². The number of hydrogen-bond donors (Lipinski definition) is 3. The van der Waals surface area contributed by atoms with E-state index >= 15 is 0 Å². The summed E-state index contributed by atoms with van der Waals surface area (Å²) >= 11 is 0. The van der Waals surface area contributed by atoms with Crippen LogP contribution in [0.5, 0.6) is 0 Å². The predicted octanol–water partition coefficient (Wildman–Crippen LogP) is 4.25. The topological polar surface area (TPSA) is 101 Å². The first-order chi connectivity index (χ1) is 17.5.